The number of nitrogen functional groups attached to an aromatic ring is 1. The van der Waals surface area contributed by atoms with E-state index < -0.39 is 17.5 Å². The summed E-state index contributed by atoms with van der Waals surface area (Å²) in [6, 6.07) is 3.21. The van der Waals surface area contributed by atoms with Crippen LogP contribution >= 0.6 is 0 Å². The van der Waals surface area contributed by atoms with Gasteiger partial charge in [0.25, 0.3) is 5.91 Å². The topological polar surface area (TPSA) is 83.8 Å². The summed E-state index contributed by atoms with van der Waals surface area (Å²) in [4.78, 5) is 12.0. The lowest BCUT2D eigenvalue weighted by molar-refractivity contribution is 0.102. The highest BCUT2D eigenvalue weighted by Crippen LogP contribution is 2.23. The highest BCUT2D eigenvalue weighted by atomic mass is 19.2. The van der Waals surface area contributed by atoms with Crippen LogP contribution in [-0.2, 0) is 5.41 Å². The molecular formula is C14H16F2N4O. The number of benzene rings is 1. The van der Waals surface area contributed by atoms with E-state index in [0.717, 1.165) is 17.8 Å². The molecular weight excluding hydrogens is 278 g/mol. The maximum Gasteiger partial charge on any atom is 0.259 e. The van der Waals surface area contributed by atoms with Crippen LogP contribution in [0.3, 0.4) is 0 Å². The zero-order valence-electron chi connectivity index (χ0n) is 11.9. The van der Waals surface area contributed by atoms with Gasteiger partial charge in [0, 0.05) is 28.9 Å². The van der Waals surface area contributed by atoms with E-state index in [9.17, 15) is 13.6 Å². The van der Waals surface area contributed by atoms with E-state index in [4.69, 9.17) is 5.73 Å². The summed E-state index contributed by atoms with van der Waals surface area (Å²) >= 11 is 0. The number of hydrogen-bond acceptors (Lipinski definition) is 3. The number of hydrogen-bond donors (Lipinski definition) is 3. The summed E-state index contributed by atoms with van der Waals surface area (Å²) in [6.45, 7) is 5.96. The molecule has 0 aliphatic rings. The highest BCUT2D eigenvalue weighted by molar-refractivity contribution is 6.07. The number of carbonyl (C=O) groups excluding carboxylic acids is 1. The highest BCUT2D eigenvalue weighted by Gasteiger charge is 2.19. The lowest BCUT2D eigenvalue weighted by atomic mass is 9.92. The van der Waals surface area contributed by atoms with Crippen LogP contribution in [0.25, 0.3) is 0 Å². The fraction of sp³-hybridized carbons (Fsp3) is 0.286. The fourth-order valence-electron chi connectivity index (χ4n) is 1.71. The van der Waals surface area contributed by atoms with E-state index in [-0.39, 0.29) is 22.5 Å². The van der Waals surface area contributed by atoms with Crippen LogP contribution in [0.5, 0.6) is 0 Å². The average molecular weight is 294 g/mol. The van der Waals surface area contributed by atoms with Gasteiger partial charge in [-0.05, 0) is 6.07 Å². The molecule has 2 aromatic rings. The Balaban J connectivity index is 2.22. The van der Waals surface area contributed by atoms with Crippen LogP contribution in [0.4, 0.5) is 20.3 Å². The first-order chi connectivity index (χ1) is 9.68. The van der Waals surface area contributed by atoms with E-state index in [1.807, 2.05) is 20.8 Å². The molecule has 21 heavy (non-hydrogen) atoms. The molecule has 4 N–H and O–H groups in total. The Morgan fingerprint density at radius 3 is 2.43 bits per heavy atom. The van der Waals surface area contributed by atoms with Gasteiger partial charge < -0.3 is 11.1 Å². The van der Waals surface area contributed by atoms with Crippen LogP contribution in [0, 0.1) is 11.6 Å². The molecule has 2 rings (SSSR count). The molecule has 7 heteroatoms. The van der Waals surface area contributed by atoms with Gasteiger partial charge in [-0.3, -0.25) is 9.89 Å². The number of rotatable bonds is 2. The third-order valence-electron chi connectivity index (χ3n) is 2.96. The van der Waals surface area contributed by atoms with Crippen LogP contribution in [0.1, 0.15) is 36.8 Å². The number of nitrogens with one attached hydrogen (secondary N) is 2. The number of carbonyl (C=O) groups is 1. The summed E-state index contributed by atoms with van der Waals surface area (Å²) in [5.41, 5.74) is 5.91. The maximum atomic E-state index is 13.2. The van der Waals surface area contributed by atoms with Crippen molar-refractivity contribution < 1.29 is 13.6 Å². The zero-order valence-corrected chi connectivity index (χ0v) is 11.9. The van der Waals surface area contributed by atoms with E-state index in [1.54, 1.807) is 6.07 Å². The summed E-state index contributed by atoms with van der Waals surface area (Å²) < 4.78 is 26.2. The number of H-pyrrole nitrogens is 1. The Morgan fingerprint density at radius 2 is 1.86 bits per heavy atom. The van der Waals surface area contributed by atoms with Gasteiger partial charge in [-0.1, -0.05) is 20.8 Å². The SMILES string of the molecule is CC(C)(C)c1cc(NC(=O)c2cc(F)c(F)cc2N)n[nH]1. The Kier molecular flexibility index (Phi) is 3.67. The van der Waals surface area contributed by atoms with Crippen molar-refractivity contribution in [2.24, 2.45) is 0 Å². The van der Waals surface area contributed by atoms with Gasteiger partial charge in [0.05, 0.1) is 5.56 Å². The summed E-state index contributed by atoms with van der Waals surface area (Å²) in [6.07, 6.45) is 0. The van der Waals surface area contributed by atoms with Gasteiger partial charge in [0.2, 0.25) is 0 Å². The minimum absolute atomic E-state index is 0.141. The maximum absolute atomic E-state index is 13.2. The molecule has 0 atom stereocenters. The van der Waals surface area contributed by atoms with E-state index >= 15 is 0 Å². The number of nitrogens with zero attached hydrogens (tertiary/aromatic N) is 1. The Bertz CT molecular complexity index is 689. The largest absolute Gasteiger partial charge is 0.398 e. The molecule has 0 radical (unpaired) electrons. The van der Waals surface area contributed by atoms with Gasteiger partial charge in [-0.2, -0.15) is 5.10 Å². The van der Waals surface area contributed by atoms with Gasteiger partial charge in [-0.25, -0.2) is 8.78 Å². The molecule has 0 spiro atoms. The number of aromatic nitrogens is 2. The van der Waals surface area contributed by atoms with Gasteiger partial charge in [0.15, 0.2) is 17.5 Å². The molecule has 1 amide bonds. The predicted octanol–water partition coefficient (Wildman–Crippen LogP) is 2.82. The van der Waals surface area contributed by atoms with Crippen molar-refractivity contribution in [3.63, 3.8) is 0 Å². The number of anilines is 2. The van der Waals surface area contributed by atoms with Gasteiger partial charge in [0.1, 0.15) is 0 Å². The summed E-state index contributed by atoms with van der Waals surface area (Å²) in [7, 11) is 0. The van der Waals surface area contributed by atoms with Crippen molar-refractivity contribution in [1.82, 2.24) is 10.2 Å². The second-order valence-corrected chi connectivity index (χ2v) is 5.72. The minimum atomic E-state index is -1.13. The first-order valence-electron chi connectivity index (χ1n) is 6.30. The third-order valence-corrected chi connectivity index (χ3v) is 2.96. The number of amides is 1. The standard InChI is InChI=1S/C14H16F2N4O/c1-14(2,3)11-6-12(20-19-11)18-13(21)7-4-8(15)9(16)5-10(7)17/h4-6H,17H2,1-3H3,(H2,18,19,20,21). The molecule has 0 aliphatic carbocycles. The molecule has 112 valence electrons. The van der Waals surface area contributed by atoms with Gasteiger partial charge in [-0.15, -0.1) is 0 Å². The molecule has 0 saturated carbocycles. The Hall–Kier alpha value is -2.44. The quantitative estimate of drug-likeness (QED) is 0.745. The molecule has 0 unspecified atom stereocenters. The second kappa shape index (κ2) is 5.16. The van der Waals surface area contributed by atoms with Crippen molar-refractivity contribution in [3.05, 3.63) is 41.1 Å². The Morgan fingerprint density at radius 1 is 1.24 bits per heavy atom. The molecule has 0 fully saturated rings. The lowest BCUT2D eigenvalue weighted by Crippen LogP contribution is -2.15. The van der Waals surface area contributed by atoms with E-state index in [1.165, 1.54) is 0 Å². The molecule has 1 aromatic heterocycles. The number of nitrogens with two attached hydrogens (primary N) is 1. The second-order valence-electron chi connectivity index (χ2n) is 5.72. The fourth-order valence-corrected chi connectivity index (χ4v) is 1.71. The first kappa shape index (κ1) is 15.0. The molecule has 0 aliphatic heterocycles. The van der Waals surface area contributed by atoms with E-state index in [2.05, 4.69) is 15.5 Å². The molecule has 5 nitrogen and oxygen atoms in total. The monoisotopic (exact) mass is 294 g/mol. The van der Waals surface area contributed by atoms with Crippen molar-refractivity contribution in [2.45, 2.75) is 26.2 Å². The number of halogens is 2. The summed E-state index contributed by atoms with van der Waals surface area (Å²) in [5.74, 6) is -2.60. The van der Waals surface area contributed by atoms with Gasteiger partial charge >= 0.3 is 0 Å². The predicted molar refractivity (Wildman–Crippen MR) is 76.0 cm³/mol. The number of aromatic amines is 1. The van der Waals surface area contributed by atoms with Crippen molar-refractivity contribution in [3.8, 4) is 0 Å². The lowest BCUT2D eigenvalue weighted by Gasteiger charge is -2.14. The third kappa shape index (κ3) is 3.18. The van der Waals surface area contributed by atoms with Crippen LogP contribution in [0.15, 0.2) is 18.2 Å². The smallest absolute Gasteiger partial charge is 0.259 e. The van der Waals surface area contributed by atoms with Crippen LogP contribution in [0.2, 0.25) is 0 Å². The first-order valence-corrected chi connectivity index (χ1v) is 6.30. The van der Waals surface area contributed by atoms with Crippen LogP contribution < -0.4 is 11.1 Å². The Labute approximate surface area is 120 Å². The van der Waals surface area contributed by atoms with Crippen molar-refractivity contribution in [2.75, 3.05) is 11.1 Å². The molecule has 0 saturated heterocycles. The van der Waals surface area contributed by atoms with Crippen LogP contribution in [-0.4, -0.2) is 16.1 Å². The molecule has 1 aromatic carbocycles. The summed E-state index contributed by atoms with van der Waals surface area (Å²) in [5, 5.41) is 9.25. The zero-order chi connectivity index (χ0) is 15.8. The van der Waals surface area contributed by atoms with E-state index in [0.29, 0.717) is 0 Å². The van der Waals surface area contributed by atoms with Crippen molar-refractivity contribution >= 4 is 17.4 Å². The molecule has 1 heterocycles. The minimum Gasteiger partial charge on any atom is -0.398 e. The molecule has 0 bridgehead atoms. The van der Waals surface area contributed by atoms with Crippen molar-refractivity contribution in [1.29, 1.82) is 0 Å². The normalized spacial score (nSPS) is 11.5. The average Bonchev–Trinajstić information content (AvgIpc) is 2.82.